The van der Waals surface area contributed by atoms with Crippen LogP contribution in [0.4, 0.5) is 11.5 Å². The van der Waals surface area contributed by atoms with E-state index in [0.717, 1.165) is 0 Å². The number of aromatic nitrogens is 1. The van der Waals surface area contributed by atoms with Crippen molar-refractivity contribution in [2.75, 3.05) is 43.6 Å². The number of methoxy groups -OCH3 is 1. The van der Waals surface area contributed by atoms with E-state index in [-0.39, 0.29) is 11.5 Å². The highest BCUT2D eigenvalue weighted by molar-refractivity contribution is 6.08. The summed E-state index contributed by atoms with van der Waals surface area (Å²) in [5, 5.41) is 13.0. The molecule has 0 saturated carbocycles. The van der Waals surface area contributed by atoms with Crippen LogP contribution in [-0.2, 0) is 4.74 Å². The number of pyridine rings is 1. The second-order valence-corrected chi connectivity index (χ2v) is 6.85. The fourth-order valence-corrected chi connectivity index (χ4v) is 3.37. The number of nitrogens with one attached hydrogen (secondary N) is 1. The molecule has 8 heteroatoms. The number of carboxylic acid groups (broad SMARTS) is 1. The standard InChI is InChI=1S/C22H21N3O5/c1-29-16-5-2-14(3-6-16)21(26)23-15-4-7-19-17(12-15)18(22(27)28)13-20(24-19)25-8-10-30-11-9-25/h2-7,12-13H,8-11H2,1H3,(H,23,26)(H,27,28). The summed E-state index contributed by atoms with van der Waals surface area (Å²) >= 11 is 0. The molecule has 154 valence electrons. The van der Waals surface area contributed by atoms with Gasteiger partial charge in [0.15, 0.2) is 0 Å². The van der Waals surface area contributed by atoms with Gasteiger partial charge >= 0.3 is 5.97 Å². The predicted octanol–water partition coefficient (Wildman–Crippen LogP) is 3.03. The van der Waals surface area contributed by atoms with Crippen molar-refractivity contribution in [3.8, 4) is 5.75 Å². The van der Waals surface area contributed by atoms with Gasteiger partial charge in [-0.05, 0) is 48.5 Å². The van der Waals surface area contributed by atoms with E-state index in [1.54, 1.807) is 55.6 Å². The third-order valence-corrected chi connectivity index (χ3v) is 4.97. The van der Waals surface area contributed by atoms with Crippen LogP contribution >= 0.6 is 0 Å². The molecule has 0 radical (unpaired) electrons. The summed E-state index contributed by atoms with van der Waals surface area (Å²) in [5.41, 5.74) is 1.66. The third-order valence-electron chi connectivity index (χ3n) is 4.97. The average Bonchev–Trinajstić information content (AvgIpc) is 2.78. The molecule has 1 saturated heterocycles. The second kappa shape index (κ2) is 8.38. The Morgan fingerprint density at radius 1 is 1.10 bits per heavy atom. The average molecular weight is 407 g/mol. The minimum Gasteiger partial charge on any atom is -0.497 e. The van der Waals surface area contributed by atoms with Crippen molar-refractivity contribution in [3.63, 3.8) is 0 Å². The van der Waals surface area contributed by atoms with Crippen LogP contribution in [0.5, 0.6) is 5.75 Å². The quantitative estimate of drug-likeness (QED) is 0.670. The number of carbonyl (C=O) groups excluding carboxylic acids is 1. The van der Waals surface area contributed by atoms with Crippen LogP contribution in [0.2, 0.25) is 0 Å². The number of hydrogen-bond acceptors (Lipinski definition) is 6. The van der Waals surface area contributed by atoms with E-state index in [4.69, 9.17) is 9.47 Å². The molecule has 1 fully saturated rings. The molecular weight excluding hydrogens is 386 g/mol. The Kier molecular flexibility index (Phi) is 5.49. The summed E-state index contributed by atoms with van der Waals surface area (Å²) in [6.45, 7) is 2.48. The molecule has 4 rings (SSSR count). The Hall–Kier alpha value is -3.65. The zero-order chi connectivity index (χ0) is 21.1. The lowest BCUT2D eigenvalue weighted by Gasteiger charge is -2.28. The second-order valence-electron chi connectivity index (χ2n) is 6.85. The van der Waals surface area contributed by atoms with Crippen LogP contribution in [0.25, 0.3) is 10.9 Å². The van der Waals surface area contributed by atoms with Crippen LogP contribution in [0.3, 0.4) is 0 Å². The summed E-state index contributed by atoms with van der Waals surface area (Å²) in [6, 6.07) is 13.4. The maximum absolute atomic E-state index is 12.5. The number of amides is 1. The summed E-state index contributed by atoms with van der Waals surface area (Å²) in [6.07, 6.45) is 0. The monoisotopic (exact) mass is 407 g/mol. The number of benzene rings is 2. The Morgan fingerprint density at radius 2 is 1.83 bits per heavy atom. The Balaban J connectivity index is 1.64. The fourth-order valence-electron chi connectivity index (χ4n) is 3.37. The number of carboxylic acids is 1. The van der Waals surface area contributed by atoms with E-state index in [9.17, 15) is 14.7 Å². The van der Waals surface area contributed by atoms with Gasteiger partial charge in [0.2, 0.25) is 0 Å². The minimum atomic E-state index is -1.05. The first-order chi connectivity index (χ1) is 14.5. The Labute approximate surface area is 173 Å². The molecule has 8 nitrogen and oxygen atoms in total. The molecule has 0 aliphatic carbocycles. The van der Waals surface area contributed by atoms with Crippen molar-refractivity contribution in [2.45, 2.75) is 0 Å². The van der Waals surface area contributed by atoms with E-state index < -0.39 is 5.97 Å². The molecule has 1 amide bonds. The van der Waals surface area contributed by atoms with Crippen molar-refractivity contribution in [2.24, 2.45) is 0 Å². The van der Waals surface area contributed by atoms with Crippen molar-refractivity contribution in [3.05, 3.63) is 59.7 Å². The van der Waals surface area contributed by atoms with Gasteiger partial charge in [0.1, 0.15) is 11.6 Å². The zero-order valence-corrected chi connectivity index (χ0v) is 16.4. The first kappa shape index (κ1) is 19.7. The lowest BCUT2D eigenvalue weighted by molar-refractivity contribution is 0.0698. The molecule has 1 aliphatic heterocycles. The minimum absolute atomic E-state index is 0.141. The molecule has 1 aliphatic rings. The van der Waals surface area contributed by atoms with Gasteiger partial charge in [-0.15, -0.1) is 0 Å². The summed E-state index contributed by atoms with van der Waals surface area (Å²) in [7, 11) is 1.56. The van der Waals surface area contributed by atoms with E-state index in [0.29, 0.717) is 60.0 Å². The fraction of sp³-hybridized carbons (Fsp3) is 0.227. The summed E-state index contributed by atoms with van der Waals surface area (Å²) in [5.74, 6) is -0.0777. The van der Waals surface area contributed by atoms with Gasteiger partial charge in [-0.2, -0.15) is 0 Å². The van der Waals surface area contributed by atoms with Crippen LogP contribution in [0.1, 0.15) is 20.7 Å². The first-order valence-electron chi connectivity index (χ1n) is 9.51. The molecule has 2 N–H and O–H groups in total. The molecule has 0 unspecified atom stereocenters. The van der Waals surface area contributed by atoms with Crippen LogP contribution in [0.15, 0.2) is 48.5 Å². The highest BCUT2D eigenvalue weighted by Crippen LogP contribution is 2.27. The molecule has 1 aromatic heterocycles. The van der Waals surface area contributed by atoms with Gasteiger partial charge < -0.3 is 24.8 Å². The lowest BCUT2D eigenvalue weighted by atomic mass is 10.1. The van der Waals surface area contributed by atoms with Crippen LogP contribution < -0.4 is 15.0 Å². The SMILES string of the molecule is COc1ccc(C(=O)Nc2ccc3nc(N4CCOCC4)cc(C(=O)O)c3c2)cc1. The smallest absolute Gasteiger partial charge is 0.336 e. The largest absolute Gasteiger partial charge is 0.497 e. The molecule has 0 atom stereocenters. The number of morpholine rings is 1. The van der Waals surface area contributed by atoms with Crippen LogP contribution in [0, 0.1) is 0 Å². The van der Waals surface area contributed by atoms with Gasteiger partial charge in [0.25, 0.3) is 5.91 Å². The first-order valence-corrected chi connectivity index (χ1v) is 9.51. The maximum Gasteiger partial charge on any atom is 0.336 e. The van der Waals surface area contributed by atoms with Gasteiger partial charge in [-0.1, -0.05) is 0 Å². The van der Waals surface area contributed by atoms with Crippen molar-refractivity contribution in [1.82, 2.24) is 4.98 Å². The van der Waals surface area contributed by atoms with E-state index >= 15 is 0 Å². The van der Waals surface area contributed by atoms with Gasteiger partial charge in [0, 0.05) is 29.7 Å². The zero-order valence-electron chi connectivity index (χ0n) is 16.4. The van der Waals surface area contributed by atoms with Crippen molar-refractivity contribution >= 4 is 34.3 Å². The molecule has 2 aromatic carbocycles. The summed E-state index contributed by atoms with van der Waals surface area (Å²) in [4.78, 5) is 31.1. The molecular formula is C22H21N3O5. The van der Waals surface area contributed by atoms with Gasteiger partial charge in [0.05, 0.1) is 31.4 Å². The topological polar surface area (TPSA) is 101 Å². The molecule has 30 heavy (non-hydrogen) atoms. The van der Waals surface area contributed by atoms with E-state index in [1.807, 2.05) is 4.90 Å². The third kappa shape index (κ3) is 4.04. The number of nitrogens with zero attached hydrogens (tertiary/aromatic N) is 2. The van der Waals surface area contributed by atoms with Gasteiger partial charge in [-0.25, -0.2) is 9.78 Å². The number of ether oxygens (including phenoxy) is 2. The van der Waals surface area contributed by atoms with Crippen molar-refractivity contribution < 1.29 is 24.2 Å². The number of anilines is 2. The molecule has 3 aromatic rings. The number of aromatic carboxylic acids is 1. The van der Waals surface area contributed by atoms with Gasteiger partial charge in [-0.3, -0.25) is 4.79 Å². The highest BCUT2D eigenvalue weighted by Gasteiger charge is 2.18. The number of hydrogen-bond donors (Lipinski definition) is 2. The predicted molar refractivity (Wildman–Crippen MR) is 113 cm³/mol. The normalized spacial score (nSPS) is 13.8. The molecule has 0 bridgehead atoms. The molecule has 0 spiro atoms. The van der Waals surface area contributed by atoms with Crippen molar-refractivity contribution in [1.29, 1.82) is 0 Å². The van der Waals surface area contributed by atoms with E-state index in [1.165, 1.54) is 0 Å². The summed E-state index contributed by atoms with van der Waals surface area (Å²) < 4.78 is 10.5. The number of rotatable bonds is 5. The molecule has 2 heterocycles. The number of fused-ring (bicyclic) bond motifs is 1. The Bertz CT molecular complexity index is 1090. The highest BCUT2D eigenvalue weighted by atomic mass is 16.5. The Morgan fingerprint density at radius 3 is 2.50 bits per heavy atom. The lowest BCUT2D eigenvalue weighted by Crippen LogP contribution is -2.36. The van der Waals surface area contributed by atoms with E-state index in [2.05, 4.69) is 10.3 Å². The number of carbonyl (C=O) groups is 2. The maximum atomic E-state index is 12.5. The van der Waals surface area contributed by atoms with Crippen LogP contribution in [-0.4, -0.2) is 55.4 Å².